The largest absolute Gasteiger partial charge is 0.361 e. The van der Waals surface area contributed by atoms with Crippen LogP contribution in [0.2, 0.25) is 0 Å². The van der Waals surface area contributed by atoms with Gasteiger partial charge in [0.05, 0.1) is 16.3 Å². The van der Waals surface area contributed by atoms with Gasteiger partial charge in [-0.2, -0.15) is 5.26 Å². The number of nitriles is 1. The SMILES string of the molecule is Cc1cc(C)c2nc(NCCCCC#N)sc2c1. The van der Waals surface area contributed by atoms with Gasteiger partial charge in [0.1, 0.15) is 0 Å². The van der Waals surface area contributed by atoms with Gasteiger partial charge in [0.15, 0.2) is 5.13 Å². The first-order valence-corrected chi connectivity index (χ1v) is 7.01. The minimum atomic E-state index is 0.639. The van der Waals surface area contributed by atoms with Crippen LogP contribution in [0.3, 0.4) is 0 Å². The molecule has 0 bridgehead atoms. The van der Waals surface area contributed by atoms with Crippen molar-refractivity contribution in [2.75, 3.05) is 11.9 Å². The lowest BCUT2D eigenvalue weighted by molar-refractivity contribution is 0.784. The van der Waals surface area contributed by atoms with Crippen molar-refractivity contribution >= 4 is 26.7 Å². The Morgan fingerprint density at radius 3 is 2.94 bits per heavy atom. The summed E-state index contributed by atoms with van der Waals surface area (Å²) in [7, 11) is 0. The molecule has 1 aromatic heterocycles. The van der Waals surface area contributed by atoms with Gasteiger partial charge in [-0.05, 0) is 43.9 Å². The number of hydrogen-bond donors (Lipinski definition) is 1. The number of thiazole rings is 1. The monoisotopic (exact) mass is 259 g/mol. The zero-order valence-electron chi connectivity index (χ0n) is 10.8. The Morgan fingerprint density at radius 1 is 1.33 bits per heavy atom. The third kappa shape index (κ3) is 2.99. The first-order valence-electron chi connectivity index (χ1n) is 6.19. The van der Waals surface area contributed by atoms with Gasteiger partial charge in [-0.3, -0.25) is 0 Å². The number of aromatic nitrogens is 1. The number of aryl methyl sites for hydroxylation is 2. The van der Waals surface area contributed by atoms with Crippen LogP contribution in [0, 0.1) is 25.2 Å². The number of anilines is 1. The number of nitrogens with one attached hydrogen (secondary N) is 1. The number of unbranched alkanes of at least 4 members (excludes halogenated alkanes) is 2. The van der Waals surface area contributed by atoms with E-state index in [0.29, 0.717) is 6.42 Å². The third-order valence-electron chi connectivity index (χ3n) is 2.82. The molecule has 1 heterocycles. The van der Waals surface area contributed by atoms with Crippen molar-refractivity contribution in [3.63, 3.8) is 0 Å². The minimum absolute atomic E-state index is 0.639. The lowest BCUT2D eigenvalue weighted by Gasteiger charge is -1.99. The first-order chi connectivity index (χ1) is 8.70. The summed E-state index contributed by atoms with van der Waals surface area (Å²) in [5.41, 5.74) is 3.62. The van der Waals surface area contributed by atoms with E-state index in [0.717, 1.165) is 30.0 Å². The van der Waals surface area contributed by atoms with E-state index in [1.54, 1.807) is 11.3 Å². The van der Waals surface area contributed by atoms with Crippen LogP contribution in [0.5, 0.6) is 0 Å². The van der Waals surface area contributed by atoms with Crippen LogP contribution in [0.4, 0.5) is 5.13 Å². The summed E-state index contributed by atoms with van der Waals surface area (Å²) in [5.74, 6) is 0. The van der Waals surface area contributed by atoms with Crippen LogP contribution >= 0.6 is 11.3 Å². The smallest absolute Gasteiger partial charge is 0.183 e. The molecular formula is C14H17N3S. The van der Waals surface area contributed by atoms with Gasteiger partial charge < -0.3 is 5.32 Å². The predicted octanol–water partition coefficient (Wildman–Crippen LogP) is 4.02. The molecule has 1 N–H and O–H groups in total. The Kier molecular flexibility index (Phi) is 4.16. The number of nitrogens with zero attached hydrogens (tertiary/aromatic N) is 2. The van der Waals surface area contributed by atoms with Crippen molar-refractivity contribution in [1.29, 1.82) is 5.26 Å². The van der Waals surface area contributed by atoms with E-state index in [2.05, 4.69) is 42.4 Å². The van der Waals surface area contributed by atoms with E-state index in [-0.39, 0.29) is 0 Å². The van der Waals surface area contributed by atoms with Gasteiger partial charge in [-0.15, -0.1) is 0 Å². The van der Waals surface area contributed by atoms with Gasteiger partial charge in [-0.1, -0.05) is 17.4 Å². The quantitative estimate of drug-likeness (QED) is 0.825. The number of fused-ring (bicyclic) bond motifs is 1. The van der Waals surface area contributed by atoms with E-state index in [9.17, 15) is 0 Å². The molecular weight excluding hydrogens is 242 g/mol. The Balaban J connectivity index is 2.02. The molecule has 0 amide bonds. The molecule has 2 aromatic rings. The fraction of sp³-hybridized carbons (Fsp3) is 0.429. The molecule has 2 rings (SSSR count). The molecule has 18 heavy (non-hydrogen) atoms. The van der Waals surface area contributed by atoms with E-state index in [1.165, 1.54) is 15.8 Å². The molecule has 0 unspecified atom stereocenters. The summed E-state index contributed by atoms with van der Waals surface area (Å²) >= 11 is 1.70. The topological polar surface area (TPSA) is 48.7 Å². The van der Waals surface area contributed by atoms with Gasteiger partial charge in [0.2, 0.25) is 0 Å². The highest BCUT2D eigenvalue weighted by Crippen LogP contribution is 2.29. The maximum Gasteiger partial charge on any atom is 0.183 e. The first kappa shape index (κ1) is 12.8. The highest BCUT2D eigenvalue weighted by molar-refractivity contribution is 7.22. The molecule has 0 atom stereocenters. The van der Waals surface area contributed by atoms with Crippen LogP contribution in [0.25, 0.3) is 10.2 Å². The minimum Gasteiger partial charge on any atom is -0.361 e. The van der Waals surface area contributed by atoms with Crippen molar-refractivity contribution in [1.82, 2.24) is 4.98 Å². The second-order valence-electron chi connectivity index (χ2n) is 4.49. The maximum absolute atomic E-state index is 8.45. The van der Waals surface area contributed by atoms with Crippen LogP contribution in [-0.4, -0.2) is 11.5 Å². The van der Waals surface area contributed by atoms with Crippen molar-refractivity contribution in [2.45, 2.75) is 33.1 Å². The Bertz CT molecular complexity index is 580. The van der Waals surface area contributed by atoms with Gasteiger partial charge in [-0.25, -0.2) is 4.98 Å². The summed E-state index contributed by atoms with van der Waals surface area (Å²) in [5, 5.41) is 12.8. The van der Waals surface area contributed by atoms with Gasteiger partial charge >= 0.3 is 0 Å². The molecule has 3 nitrogen and oxygen atoms in total. The van der Waals surface area contributed by atoms with Crippen LogP contribution in [0.1, 0.15) is 30.4 Å². The molecule has 0 radical (unpaired) electrons. The zero-order chi connectivity index (χ0) is 13.0. The highest BCUT2D eigenvalue weighted by Gasteiger charge is 2.06. The molecule has 0 fully saturated rings. The van der Waals surface area contributed by atoms with Gasteiger partial charge in [0.25, 0.3) is 0 Å². The summed E-state index contributed by atoms with van der Waals surface area (Å²) in [6.07, 6.45) is 2.61. The molecule has 1 aromatic carbocycles. The van der Waals surface area contributed by atoms with Crippen molar-refractivity contribution in [3.8, 4) is 6.07 Å². The lowest BCUT2D eigenvalue weighted by Crippen LogP contribution is -2.00. The number of benzene rings is 1. The van der Waals surface area contributed by atoms with Gasteiger partial charge in [0, 0.05) is 13.0 Å². The van der Waals surface area contributed by atoms with Crippen molar-refractivity contribution in [2.24, 2.45) is 0 Å². The summed E-state index contributed by atoms with van der Waals surface area (Å²) in [6, 6.07) is 6.51. The number of hydrogen-bond acceptors (Lipinski definition) is 4. The second-order valence-corrected chi connectivity index (χ2v) is 5.52. The van der Waals surface area contributed by atoms with E-state index < -0.39 is 0 Å². The van der Waals surface area contributed by atoms with E-state index >= 15 is 0 Å². The van der Waals surface area contributed by atoms with Crippen LogP contribution in [-0.2, 0) is 0 Å². The zero-order valence-corrected chi connectivity index (χ0v) is 11.6. The molecule has 0 saturated carbocycles. The van der Waals surface area contributed by atoms with Crippen LogP contribution < -0.4 is 5.32 Å². The lowest BCUT2D eigenvalue weighted by atomic mass is 10.1. The molecule has 0 saturated heterocycles. The molecule has 0 aliphatic rings. The Hall–Kier alpha value is -1.60. The fourth-order valence-electron chi connectivity index (χ4n) is 1.97. The maximum atomic E-state index is 8.45. The summed E-state index contributed by atoms with van der Waals surface area (Å²) in [6.45, 7) is 5.10. The molecule has 0 aliphatic heterocycles. The normalized spacial score (nSPS) is 10.5. The standard InChI is InChI=1S/C14H17N3S/c1-10-8-11(2)13-12(9-10)18-14(17-13)16-7-5-3-4-6-15/h8-9H,3-5,7H2,1-2H3,(H,16,17). The predicted molar refractivity (Wildman–Crippen MR) is 77.0 cm³/mol. The molecule has 94 valence electrons. The molecule has 0 spiro atoms. The Morgan fingerprint density at radius 2 is 2.17 bits per heavy atom. The second kappa shape index (κ2) is 5.83. The molecule has 4 heteroatoms. The average molecular weight is 259 g/mol. The van der Waals surface area contributed by atoms with E-state index in [1.807, 2.05) is 0 Å². The highest BCUT2D eigenvalue weighted by atomic mass is 32.1. The van der Waals surface area contributed by atoms with Crippen molar-refractivity contribution < 1.29 is 0 Å². The fourth-order valence-corrected chi connectivity index (χ4v) is 3.04. The average Bonchev–Trinajstić information content (AvgIpc) is 2.72. The Labute approximate surface area is 111 Å². The molecule has 0 aliphatic carbocycles. The summed E-state index contributed by atoms with van der Waals surface area (Å²) < 4.78 is 1.24. The summed E-state index contributed by atoms with van der Waals surface area (Å²) in [4.78, 5) is 4.61. The van der Waals surface area contributed by atoms with E-state index in [4.69, 9.17) is 5.26 Å². The van der Waals surface area contributed by atoms with Crippen molar-refractivity contribution in [3.05, 3.63) is 23.3 Å². The number of rotatable bonds is 5. The van der Waals surface area contributed by atoms with Crippen LogP contribution in [0.15, 0.2) is 12.1 Å². The third-order valence-corrected chi connectivity index (χ3v) is 3.78.